The zero-order valence-corrected chi connectivity index (χ0v) is 15.6. The number of nitrogens with one attached hydrogen (secondary N) is 2. The van der Waals surface area contributed by atoms with Crippen molar-refractivity contribution in [1.29, 1.82) is 0 Å². The van der Waals surface area contributed by atoms with E-state index in [1.54, 1.807) is 0 Å². The van der Waals surface area contributed by atoms with Crippen LogP contribution in [0.4, 0.5) is 5.13 Å². The Morgan fingerprint density at radius 3 is 2.82 bits per heavy atom. The van der Waals surface area contributed by atoms with Crippen LogP contribution in [-0.2, 0) is 19.2 Å². The Balaban J connectivity index is 1.76. The van der Waals surface area contributed by atoms with Gasteiger partial charge < -0.3 is 20.9 Å². The number of anilines is 1. The number of rotatable bonds is 7. The number of allylic oxidation sites excluding steroid dienone is 1. The lowest BCUT2D eigenvalue weighted by Gasteiger charge is -2.49. The van der Waals surface area contributed by atoms with Gasteiger partial charge in [0.05, 0.1) is 0 Å². The van der Waals surface area contributed by atoms with Crippen LogP contribution in [0, 0.1) is 0 Å². The van der Waals surface area contributed by atoms with E-state index in [1.807, 2.05) is 0 Å². The molecule has 3 heterocycles. The SMILES string of the molecule is C=CC1=C(C(=O)O)N2C(=O)[C@@H](NC(=O)/C(=N\O)c3csc(NC=O)n3)[C@H]2SC1. The van der Waals surface area contributed by atoms with E-state index in [-0.39, 0.29) is 16.5 Å². The van der Waals surface area contributed by atoms with Crippen molar-refractivity contribution in [2.24, 2.45) is 5.16 Å². The summed E-state index contributed by atoms with van der Waals surface area (Å²) >= 11 is 2.29. The van der Waals surface area contributed by atoms with Crippen molar-refractivity contribution >= 4 is 58.1 Å². The number of hydrogen-bond acceptors (Lipinski definition) is 9. The second-order valence-corrected chi connectivity index (χ2v) is 7.46. The molecule has 0 aromatic carbocycles. The monoisotopic (exact) mass is 423 g/mol. The molecular formula is C15H13N5O6S2. The first-order valence-corrected chi connectivity index (χ1v) is 9.58. The number of carboxylic acids is 1. The van der Waals surface area contributed by atoms with Crippen LogP contribution < -0.4 is 10.6 Å². The predicted octanol–water partition coefficient (Wildman–Crippen LogP) is -0.186. The molecule has 0 spiro atoms. The number of thioether (sulfide) groups is 1. The molecule has 3 amide bonds. The summed E-state index contributed by atoms with van der Waals surface area (Å²) in [7, 11) is 0. The van der Waals surface area contributed by atoms with E-state index in [0.29, 0.717) is 17.7 Å². The molecule has 28 heavy (non-hydrogen) atoms. The zero-order valence-electron chi connectivity index (χ0n) is 14.0. The number of carbonyl (C=O) groups is 4. The third kappa shape index (κ3) is 3.25. The van der Waals surface area contributed by atoms with Gasteiger partial charge in [0.15, 0.2) is 10.8 Å². The number of carboxylic acid groups (broad SMARTS) is 1. The van der Waals surface area contributed by atoms with Gasteiger partial charge in [-0.05, 0) is 5.57 Å². The van der Waals surface area contributed by atoms with Crippen molar-refractivity contribution in [3.8, 4) is 0 Å². The summed E-state index contributed by atoms with van der Waals surface area (Å²) in [6, 6.07) is -0.985. The van der Waals surface area contributed by atoms with Crippen LogP contribution in [0.3, 0.4) is 0 Å². The van der Waals surface area contributed by atoms with Crippen LogP contribution in [0.2, 0.25) is 0 Å². The highest BCUT2D eigenvalue weighted by atomic mass is 32.2. The van der Waals surface area contributed by atoms with Crippen molar-refractivity contribution in [1.82, 2.24) is 15.2 Å². The molecular weight excluding hydrogens is 410 g/mol. The molecule has 0 radical (unpaired) electrons. The van der Waals surface area contributed by atoms with Gasteiger partial charge in [-0.2, -0.15) is 0 Å². The molecule has 2 aliphatic heterocycles. The largest absolute Gasteiger partial charge is 0.477 e. The Morgan fingerprint density at radius 1 is 1.46 bits per heavy atom. The quantitative estimate of drug-likeness (QED) is 0.154. The Morgan fingerprint density at radius 2 is 2.21 bits per heavy atom. The van der Waals surface area contributed by atoms with Gasteiger partial charge in [0, 0.05) is 11.1 Å². The molecule has 0 aliphatic carbocycles. The molecule has 146 valence electrons. The summed E-state index contributed by atoms with van der Waals surface area (Å²) in [6.07, 6.45) is 1.79. The fourth-order valence-corrected chi connectivity index (χ4v) is 4.72. The Hall–Kier alpha value is -3.19. The molecule has 2 atom stereocenters. The van der Waals surface area contributed by atoms with E-state index >= 15 is 0 Å². The van der Waals surface area contributed by atoms with Crippen LogP contribution >= 0.6 is 23.1 Å². The fraction of sp³-hybridized carbons (Fsp3) is 0.200. The maximum Gasteiger partial charge on any atom is 0.352 e. The smallest absolute Gasteiger partial charge is 0.352 e. The Bertz CT molecular complexity index is 939. The van der Waals surface area contributed by atoms with E-state index in [4.69, 9.17) is 0 Å². The van der Waals surface area contributed by atoms with E-state index < -0.39 is 34.9 Å². The lowest BCUT2D eigenvalue weighted by atomic mass is 10.0. The average Bonchev–Trinajstić information content (AvgIpc) is 3.13. The van der Waals surface area contributed by atoms with Crippen LogP contribution in [0.5, 0.6) is 0 Å². The summed E-state index contributed by atoms with van der Waals surface area (Å²) in [5.74, 6) is -2.39. The van der Waals surface area contributed by atoms with E-state index in [9.17, 15) is 29.5 Å². The van der Waals surface area contributed by atoms with Gasteiger partial charge in [-0.3, -0.25) is 19.3 Å². The van der Waals surface area contributed by atoms with Gasteiger partial charge in [0.1, 0.15) is 22.8 Å². The summed E-state index contributed by atoms with van der Waals surface area (Å²) in [5, 5.41) is 27.2. The van der Waals surface area contributed by atoms with Crippen LogP contribution in [0.1, 0.15) is 5.69 Å². The number of fused-ring (bicyclic) bond motifs is 1. The number of aliphatic carboxylic acids is 1. The zero-order chi connectivity index (χ0) is 20.4. The van der Waals surface area contributed by atoms with Crippen molar-refractivity contribution in [3.63, 3.8) is 0 Å². The number of amides is 3. The third-order valence-corrected chi connectivity index (χ3v) is 6.05. The molecule has 1 aromatic rings. The van der Waals surface area contributed by atoms with Crippen LogP contribution in [0.25, 0.3) is 0 Å². The first-order valence-electron chi connectivity index (χ1n) is 7.65. The predicted molar refractivity (Wildman–Crippen MR) is 100 cm³/mol. The molecule has 1 saturated heterocycles. The number of oxime groups is 1. The molecule has 1 aromatic heterocycles. The average molecular weight is 423 g/mol. The Labute approximate surface area is 165 Å². The first kappa shape index (κ1) is 19.6. The van der Waals surface area contributed by atoms with Crippen LogP contribution in [0.15, 0.2) is 34.5 Å². The molecule has 11 nitrogen and oxygen atoms in total. The normalized spacial score (nSPS) is 21.5. The van der Waals surface area contributed by atoms with Gasteiger partial charge in [0.2, 0.25) is 6.41 Å². The molecule has 0 saturated carbocycles. The van der Waals surface area contributed by atoms with E-state index in [2.05, 4.69) is 27.4 Å². The molecule has 13 heteroatoms. The molecule has 3 rings (SSSR count). The molecule has 2 aliphatic rings. The van der Waals surface area contributed by atoms with Gasteiger partial charge in [-0.15, -0.1) is 23.1 Å². The maximum atomic E-state index is 12.4. The first-order chi connectivity index (χ1) is 13.4. The molecule has 4 N–H and O–H groups in total. The highest BCUT2D eigenvalue weighted by molar-refractivity contribution is 8.00. The van der Waals surface area contributed by atoms with Gasteiger partial charge >= 0.3 is 5.97 Å². The molecule has 0 bridgehead atoms. The Kier molecular flexibility index (Phi) is 5.46. The third-order valence-electron chi connectivity index (χ3n) is 3.98. The summed E-state index contributed by atoms with van der Waals surface area (Å²) in [5.41, 5.74) is -0.172. The topological polar surface area (TPSA) is 161 Å². The summed E-state index contributed by atoms with van der Waals surface area (Å²) in [6.45, 7) is 3.56. The lowest BCUT2D eigenvalue weighted by molar-refractivity contribution is -0.150. The number of thiazole rings is 1. The highest BCUT2D eigenvalue weighted by Crippen LogP contribution is 2.40. The summed E-state index contributed by atoms with van der Waals surface area (Å²) in [4.78, 5) is 51.9. The molecule has 1 fully saturated rings. The van der Waals surface area contributed by atoms with Gasteiger partial charge in [-0.25, -0.2) is 9.78 Å². The highest BCUT2D eigenvalue weighted by Gasteiger charge is 2.54. The number of carbonyl (C=O) groups excluding carboxylic acids is 3. The minimum absolute atomic E-state index is 0.00865. The number of nitrogens with zero attached hydrogens (tertiary/aromatic N) is 3. The van der Waals surface area contributed by atoms with Gasteiger partial charge in [0.25, 0.3) is 11.8 Å². The van der Waals surface area contributed by atoms with Crippen molar-refractivity contribution in [2.45, 2.75) is 11.4 Å². The standard InChI is InChI=1S/C15H13N5O6S2/c1-2-6-3-27-13-9(12(23)20(13)10(6)14(24)25)18-11(22)8(19-26)7-4-28-15(17-7)16-5-21/h2,4-5,9,13,26H,1,3H2,(H,18,22)(H,24,25)(H,16,17,21)/b19-8-/t9-,13-/m1/s1. The summed E-state index contributed by atoms with van der Waals surface area (Å²) < 4.78 is 0. The van der Waals surface area contributed by atoms with Crippen molar-refractivity contribution < 1.29 is 29.5 Å². The van der Waals surface area contributed by atoms with E-state index in [0.717, 1.165) is 16.2 Å². The van der Waals surface area contributed by atoms with Crippen LogP contribution in [-0.4, -0.2) is 67.3 Å². The second kappa shape index (κ2) is 7.82. The van der Waals surface area contributed by atoms with E-state index in [1.165, 1.54) is 23.2 Å². The fourth-order valence-electron chi connectivity index (χ4n) is 2.72. The molecule has 0 unspecified atom stereocenters. The van der Waals surface area contributed by atoms with Crippen molar-refractivity contribution in [3.05, 3.63) is 35.0 Å². The number of β-lactam (4-membered cyclic amide) rings is 1. The van der Waals surface area contributed by atoms with Gasteiger partial charge in [-0.1, -0.05) is 17.8 Å². The maximum absolute atomic E-state index is 12.4. The number of hydrogen-bond donors (Lipinski definition) is 4. The van der Waals surface area contributed by atoms with Crippen molar-refractivity contribution in [2.75, 3.05) is 11.1 Å². The lowest BCUT2D eigenvalue weighted by Crippen LogP contribution is -2.71. The minimum Gasteiger partial charge on any atom is -0.477 e. The minimum atomic E-state index is -1.26. The number of aromatic nitrogens is 1. The second-order valence-electron chi connectivity index (χ2n) is 5.49.